The van der Waals surface area contributed by atoms with Gasteiger partial charge in [0.2, 0.25) is 0 Å². The summed E-state index contributed by atoms with van der Waals surface area (Å²) < 4.78 is 0. The summed E-state index contributed by atoms with van der Waals surface area (Å²) in [5.41, 5.74) is 6.65. The molecule has 0 bridgehead atoms. The molecule has 0 aliphatic rings. The Morgan fingerprint density at radius 2 is 2.10 bits per heavy atom. The average molecular weight is 276 g/mol. The second-order valence-corrected chi connectivity index (χ2v) is 3.92. The number of rotatable bonds is 4. The summed E-state index contributed by atoms with van der Waals surface area (Å²) in [6.45, 7) is 0.223. The zero-order valence-electron chi connectivity index (χ0n) is 10.3. The molecule has 104 valence electrons. The maximum atomic E-state index is 11.6. The fourth-order valence-corrected chi connectivity index (χ4v) is 1.48. The molecule has 9 nitrogen and oxygen atoms in total. The van der Waals surface area contributed by atoms with Crippen LogP contribution in [0.3, 0.4) is 0 Å². The molecule has 0 radical (unpaired) electrons. The zero-order valence-corrected chi connectivity index (χ0v) is 10.3. The molecule has 0 saturated heterocycles. The highest BCUT2D eigenvalue weighted by atomic mass is 16.6. The lowest BCUT2D eigenvalue weighted by Crippen LogP contribution is -2.28. The number of nitrogen functional groups attached to an aromatic ring is 1. The molecule has 9 heteroatoms. The minimum atomic E-state index is -0.508. The third-order valence-electron chi connectivity index (χ3n) is 2.53. The number of amides is 2. The van der Waals surface area contributed by atoms with Crippen LogP contribution in [0.25, 0.3) is 0 Å². The van der Waals surface area contributed by atoms with Gasteiger partial charge in [0.15, 0.2) is 0 Å². The van der Waals surface area contributed by atoms with Crippen molar-refractivity contribution >= 4 is 23.2 Å². The van der Waals surface area contributed by atoms with Crippen LogP contribution in [-0.2, 0) is 6.54 Å². The number of H-pyrrole nitrogens is 1. The van der Waals surface area contributed by atoms with Gasteiger partial charge in [-0.2, -0.15) is 5.10 Å². The van der Waals surface area contributed by atoms with E-state index in [0.717, 1.165) is 0 Å². The summed E-state index contributed by atoms with van der Waals surface area (Å²) in [7, 11) is 0. The van der Waals surface area contributed by atoms with Crippen LogP contribution in [0, 0.1) is 10.1 Å². The fraction of sp³-hybridized carbons (Fsp3) is 0.0909. The lowest BCUT2D eigenvalue weighted by Gasteiger charge is -2.06. The zero-order chi connectivity index (χ0) is 14.5. The predicted octanol–water partition coefficient (Wildman–Crippen LogP) is 1.22. The van der Waals surface area contributed by atoms with Crippen molar-refractivity contribution in [3.8, 4) is 0 Å². The molecule has 1 aromatic carbocycles. The van der Waals surface area contributed by atoms with Crippen molar-refractivity contribution in [1.29, 1.82) is 0 Å². The van der Waals surface area contributed by atoms with Gasteiger partial charge in [0, 0.05) is 29.9 Å². The molecule has 0 aliphatic carbocycles. The van der Waals surface area contributed by atoms with Crippen LogP contribution < -0.4 is 16.4 Å². The number of nitrogens with zero attached hydrogens (tertiary/aromatic N) is 2. The van der Waals surface area contributed by atoms with Crippen LogP contribution in [0.2, 0.25) is 0 Å². The molecule has 0 saturated carbocycles. The van der Waals surface area contributed by atoms with Crippen molar-refractivity contribution in [1.82, 2.24) is 15.5 Å². The molecule has 2 rings (SSSR count). The SMILES string of the molecule is Nc1[nH]ncc1CNC(=O)Nc1ccc([N+](=O)[O-])cc1. The van der Waals surface area contributed by atoms with E-state index in [1.165, 1.54) is 30.5 Å². The van der Waals surface area contributed by atoms with E-state index < -0.39 is 11.0 Å². The molecular weight excluding hydrogens is 264 g/mol. The molecule has 1 aromatic heterocycles. The van der Waals surface area contributed by atoms with Crippen LogP contribution in [0.1, 0.15) is 5.56 Å². The predicted molar refractivity (Wildman–Crippen MR) is 72.0 cm³/mol. The Kier molecular flexibility index (Phi) is 3.80. The molecule has 2 amide bonds. The number of hydrogen-bond donors (Lipinski definition) is 4. The second-order valence-electron chi connectivity index (χ2n) is 3.92. The van der Waals surface area contributed by atoms with Gasteiger partial charge in [0.05, 0.1) is 11.1 Å². The average Bonchev–Trinajstić information content (AvgIpc) is 2.82. The van der Waals surface area contributed by atoms with E-state index in [1.807, 2.05) is 0 Å². The highest BCUT2D eigenvalue weighted by molar-refractivity contribution is 5.89. The third kappa shape index (κ3) is 3.22. The number of anilines is 2. The van der Waals surface area contributed by atoms with Crippen molar-refractivity contribution in [2.24, 2.45) is 0 Å². The molecule has 20 heavy (non-hydrogen) atoms. The van der Waals surface area contributed by atoms with Gasteiger partial charge >= 0.3 is 6.03 Å². The number of nitro groups is 1. The monoisotopic (exact) mass is 276 g/mol. The molecule has 0 spiro atoms. The van der Waals surface area contributed by atoms with Crippen molar-refractivity contribution in [3.63, 3.8) is 0 Å². The smallest absolute Gasteiger partial charge is 0.319 e. The third-order valence-corrected chi connectivity index (χ3v) is 2.53. The van der Waals surface area contributed by atoms with Crippen LogP contribution in [0.15, 0.2) is 30.5 Å². The molecule has 1 heterocycles. The van der Waals surface area contributed by atoms with Gasteiger partial charge in [-0.15, -0.1) is 0 Å². The lowest BCUT2D eigenvalue weighted by molar-refractivity contribution is -0.384. The Balaban J connectivity index is 1.88. The summed E-state index contributed by atoms with van der Waals surface area (Å²) in [5.74, 6) is 0.389. The van der Waals surface area contributed by atoms with E-state index in [2.05, 4.69) is 20.8 Å². The summed E-state index contributed by atoms with van der Waals surface area (Å²) in [6.07, 6.45) is 1.52. The number of nitro benzene ring substituents is 1. The summed E-state index contributed by atoms with van der Waals surface area (Å²) in [4.78, 5) is 21.6. The van der Waals surface area contributed by atoms with E-state index in [-0.39, 0.29) is 12.2 Å². The number of hydrogen-bond acceptors (Lipinski definition) is 5. The van der Waals surface area contributed by atoms with E-state index in [4.69, 9.17) is 5.73 Å². The van der Waals surface area contributed by atoms with E-state index in [1.54, 1.807) is 0 Å². The Labute approximate surface area is 113 Å². The highest BCUT2D eigenvalue weighted by Gasteiger charge is 2.07. The maximum absolute atomic E-state index is 11.6. The first kappa shape index (κ1) is 13.3. The number of nitrogens with one attached hydrogen (secondary N) is 3. The van der Waals surface area contributed by atoms with Gasteiger partial charge in [0.25, 0.3) is 5.69 Å². The molecule has 2 aromatic rings. The molecule has 0 aliphatic heterocycles. The number of carbonyl (C=O) groups excluding carboxylic acids is 1. The highest BCUT2D eigenvalue weighted by Crippen LogP contribution is 2.15. The van der Waals surface area contributed by atoms with Crippen LogP contribution in [-0.4, -0.2) is 21.2 Å². The molecule has 5 N–H and O–H groups in total. The quantitative estimate of drug-likeness (QED) is 0.491. The maximum Gasteiger partial charge on any atom is 0.319 e. The summed E-state index contributed by atoms with van der Waals surface area (Å²) in [5, 5.41) is 21.9. The first-order valence-electron chi connectivity index (χ1n) is 5.63. The van der Waals surface area contributed by atoms with Crippen molar-refractivity contribution in [3.05, 3.63) is 46.1 Å². The fourth-order valence-electron chi connectivity index (χ4n) is 1.48. The number of non-ortho nitro benzene ring substituents is 1. The van der Waals surface area contributed by atoms with Gasteiger partial charge in [-0.3, -0.25) is 15.2 Å². The largest absolute Gasteiger partial charge is 0.384 e. The summed E-state index contributed by atoms with van der Waals surface area (Å²) in [6, 6.07) is 5.07. The first-order valence-corrected chi connectivity index (χ1v) is 5.63. The number of benzene rings is 1. The van der Waals surface area contributed by atoms with E-state index >= 15 is 0 Å². The Morgan fingerprint density at radius 1 is 1.40 bits per heavy atom. The van der Waals surface area contributed by atoms with Gasteiger partial charge < -0.3 is 16.4 Å². The van der Waals surface area contributed by atoms with Crippen LogP contribution in [0.4, 0.5) is 22.0 Å². The standard InChI is InChI=1S/C11H12N6O3/c12-10-7(6-14-16-10)5-13-11(18)15-8-1-3-9(4-2-8)17(19)20/h1-4,6H,5H2,(H3,12,14,16)(H2,13,15,18). The minimum Gasteiger partial charge on any atom is -0.384 e. The number of aromatic amines is 1. The van der Waals surface area contributed by atoms with Gasteiger partial charge in [-0.1, -0.05) is 0 Å². The number of aromatic nitrogens is 2. The Bertz CT molecular complexity index is 621. The Morgan fingerprint density at radius 3 is 2.65 bits per heavy atom. The molecule has 0 atom stereocenters. The second kappa shape index (κ2) is 5.69. The molecule has 0 unspecified atom stereocenters. The molecule has 0 fully saturated rings. The van der Waals surface area contributed by atoms with Crippen molar-refractivity contribution < 1.29 is 9.72 Å². The van der Waals surface area contributed by atoms with Gasteiger partial charge in [0.1, 0.15) is 5.82 Å². The number of urea groups is 1. The first-order chi connectivity index (χ1) is 9.56. The van der Waals surface area contributed by atoms with Crippen molar-refractivity contribution in [2.75, 3.05) is 11.1 Å². The normalized spacial score (nSPS) is 10.0. The lowest BCUT2D eigenvalue weighted by atomic mass is 10.3. The van der Waals surface area contributed by atoms with E-state index in [9.17, 15) is 14.9 Å². The van der Waals surface area contributed by atoms with Crippen molar-refractivity contribution in [2.45, 2.75) is 6.54 Å². The topological polar surface area (TPSA) is 139 Å². The summed E-state index contributed by atoms with van der Waals surface area (Å²) >= 11 is 0. The van der Waals surface area contributed by atoms with Crippen LogP contribution >= 0.6 is 0 Å². The van der Waals surface area contributed by atoms with Crippen LogP contribution in [0.5, 0.6) is 0 Å². The van der Waals surface area contributed by atoms with Gasteiger partial charge in [-0.25, -0.2) is 4.79 Å². The van der Waals surface area contributed by atoms with E-state index in [0.29, 0.717) is 17.1 Å². The minimum absolute atomic E-state index is 0.0397. The number of nitrogens with two attached hydrogens (primary N) is 1. The van der Waals surface area contributed by atoms with Gasteiger partial charge in [-0.05, 0) is 12.1 Å². The number of carbonyl (C=O) groups is 1. The Hall–Kier alpha value is -3.10. The molecular formula is C11H12N6O3.